The number of halogens is 1. The number of nitro groups is 1. The van der Waals surface area contributed by atoms with Gasteiger partial charge in [0.25, 0.3) is 5.69 Å². The molecule has 0 aliphatic heterocycles. The fraction of sp³-hybridized carbons (Fsp3) is 0.333. The number of carbonyl (C=O) groups is 2. The average molecular weight is 396 g/mol. The number of rotatable bonds is 5. The molecule has 0 heterocycles. The van der Waals surface area contributed by atoms with Crippen LogP contribution < -0.4 is 0 Å². The monoisotopic (exact) mass is 395 g/mol. The Bertz CT molecular complexity index is 814. The number of Topliss-reactive ketones (excluding diaryl/α,β-unsaturated/α-hetero) is 1. The number of non-ortho nitro benzene ring substituents is 1. The summed E-state index contributed by atoms with van der Waals surface area (Å²) in [4.78, 5) is 34.2. The standard InChI is InChI=1S/C18H18ClNO5S/c1-10-12(3)18(25-16(21)9-19,13(4)11(2)17(10)22)26-15-7-5-14(6-8-15)20(23)24/h5-8H,9H2,1-4H3. The van der Waals surface area contributed by atoms with Crippen molar-refractivity contribution >= 4 is 40.8 Å². The maximum atomic E-state index is 12.4. The van der Waals surface area contributed by atoms with Crippen LogP contribution in [0, 0.1) is 10.1 Å². The molecule has 1 aromatic rings. The summed E-state index contributed by atoms with van der Waals surface area (Å²) in [5, 5.41) is 10.8. The Morgan fingerprint density at radius 2 is 1.65 bits per heavy atom. The first-order chi connectivity index (χ1) is 12.1. The molecule has 0 N–H and O–H groups in total. The zero-order valence-corrected chi connectivity index (χ0v) is 16.4. The number of thioether (sulfide) groups is 1. The highest BCUT2D eigenvalue weighted by atomic mass is 35.5. The molecule has 0 unspecified atom stereocenters. The quantitative estimate of drug-likeness (QED) is 0.241. The Morgan fingerprint density at radius 3 is 2.08 bits per heavy atom. The first kappa shape index (κ1) is 20.2. The number of ether oxygens (including phenoxy) is 1. The van der Waals surface area contributed by atoms with Crippen LogP contribution in [-0.4, -0.2) is 27.5 Å². The number of ketones is 1. The fourth-order valence-electron chi connectivity index (χ4n) is 2.71. The van der Waals surface area contributed by atoms with Crippen molar-refractivity contribution in [3.63, 3.8) is 0 Å². The van der Waals surface area contributed by atoms with Crippen LogP contribution in [0.3, 0.4) is 0 Å². The Kier molecular flexibility index (Phi) is 5.93. The lowest BCUT2D eigenvalue weighted by Crippen LogP contribution is -2.40. The van der Waals surface area contributed by atoms with Crippen molar-refractivity contribution in [2.24, 2.45) is 0 Å². The van der Waals surface area contributed by atoms with E-state index >= 15 is 0 Å². The molecule has 0 bridgehead atoms. The van der Waals surface area contributed by atoms with Gasteiger partial charge in [-0.3, -0.25) is 19.7 Å². The van der Waals surface area contributed by atoms with Gasteiger partial charge in [-0.15, -0.1) is 11.6 Å². The molecule has 8 heteroatoms. The molecule has 0 amide bonds. The van der Waals surface area contributed by atoms with Gasteiger partial charge in [0.2, 0.25) is 4.93 Å². The van der Waals surface area contributed by atoms with E-state index in [-0.39, 0.29) is 17.4 Å². The van der Waals surface area contributed by atoms with Crippen molar-refractivity contribution in [1.29, 1.82) is 0 Å². The van der Waals surface area contributed by atoms with E-state index in [1.807, 2.05) is 0 Å². The maximum Gasteiger partial charge on any atom is 0.322 e. The highest BCUT2D eigenvalue weighted by molar-refractivity contribution is 8.01. The summed E-state index contributed by atoms with van der Waals surface area (Å²) in [5.74, 6) is -1.04. The molecule has 0 fully saturated rings. The first-order valence-corrected chi connectivity index (χ1v) is 9.11. The molecule has 0 aromatic heterocycles. The molecule has 0 saturated heterocycles. The van der Waals surface area contributed by atoms with E-state index in [2.05, 4.69) is 0 Å². The van der Waals surface area contributed by atoms with Gasteiger partial charge in [0.1, 0.15) is 5.88 Å². The summed E-state index contributed by atoms with van der Waals surface area (Å²) in [6.07, 6.45) is 0. The minimum Gasteiger partial charge on any atom is -0.438 e. The second kappa shape index (κ2) is 7.63. The van der Waals surface area contributed by atoms with E-state index in [1.165, 1.54) is 23.9 Å². The van der Waals surface area contributed by atoms with Crippen molar-refractivity contribution in [3.05, 3.63) is 56.7 Å². The van der Waals surface area contributed by atoms with Gasteiger partial charge in [-0.2, -0.15) is 0 Å². The van der Waals surface area contributed by atoms with E-state index < -0.39 is 15.8 Å². The molecule has 1 aromatic carbocycles. The number of hydrogen-bond donors (Lipinski definition) is 0. The Balaban J connectivity index is 2.57. The smallest absolute Gasteiger partial charge is 0.322 e. The van der Waals surface area contributed by atoms with Crippen LogP contribution in [0.25, 0.3) is 0 Å². The van der Waals surface area contributed by atoms with Gasteiger partial charge in [0.05, 0.1) is 4.92 Å². The zero-order valence-electron chi connectivity index (χ0n) is 14.8. The highest BCUT2D eigenvalue weighted by Gasteiger charge is 2.45. The Hall–Kier alpha value is -2.12. The van der Waals surface area contributed by atoms with Crippen LogP contribution in [0.1, 0.15) is 27.7 Å². The van der Waals surface area contributed by atoms with Gasteiger partial charge in [-0.25, -0.2) is 0 Å². The van der Waals surface area contributed by atoms with Crippen molar-refractivity contribution in [2.45, 2.75) is 37.5 Å². The molecule has 0 spiro atoms. The molecule has 0 atom stereocenters. The molecule has 6 nitrogen and oxygen atoms in total. The van der Waals surface area contributed by atoms with E-state index in [0.29, 0.717) is 27.2 Å². The molecule has 138 valence electrons. The van der Waals surface area contributed by atoms with E-state index in [1.54, 1.807) is 39.8 Å². The number of allylic oxidation sites excluding steroid dienone is 2. The number of hydrogen-bond acceptors (Lipinski definition) is 6. The molecule has 26 heavy (non-hydrogen) atoms. The number of nitrogens with zero attached hydrogens (tertiary/aromatic N) is 1. The predicted octanol–water partition coefficient (Wildman–Crippen LogP) is 4.42. The molecule has 0 radical (unpaired) electrons. The van der Waals surface area contributed by atoms with Crippen LogP contribution in [0.2, 0.25) is 0 Å². The first-order valence-electron chi connectivity index (χ1n) is 7.76. The van der Waals surface area contributed by atoms with Gasteiger partial charge in [-0.05, 0) is 51.0 Å². The van der Waals surface area contributed by atoms with Crippen LogP contribution in [0.5, 0.6) is 0 Å². The van der Waals surface area contributed by atoms with E-state index in [9.17, 15) is 19.7 Å². The number of esters is 1. The molecular weight excluding hydrogens is 378 g/mol. The van der Waals surface area contributed by atoms with Crippen molar-refractivity contribution < 1.29 is 19.2 Å². The lowest BCUT2D eigenvalue weighted by atomic mass is 9.85. The second-order valence-corrected chi connectivity index (χ2v) is 7.42. The number of carbonyl (C=O) groups excluding carboxylic acids is 2. The van der Waals surface area contributed by atoms with Crippen molar-refractivity contribution in [1.82, 2.24) is 0 Å². The third-order valence-corrected chi connectivity index (χ3v) is 6.18. The molecular formula is C18H18ClNO5S. The molecule has 1 aliphatic carbocycles. The molecule has 1 aliphatic rings. The van der Waals surface area contributed by atoms with E-state index in [4.69, 9.17) is 16.3 Å². The largest absolute Gasteiger partial charge is 0.438 e. The summed E-state index contributed by atoms with van der Waals surface area (Å²) in [7, 11) is 0. The SMILES string of the molecule is CC1=C(C)C(OC(=O)CCl)(Sc2ccc([N+](=O)[O-])cc2)C(C)=C(C)C1=O. The number of nitro benzene ring substituents is 1. The van der Waals surface area contributed by atoms with Crippen LogP contribution in [0.4, 0.5) is 5.69 Å². The third-order valence-electron chi connectivity index (χ3n) is 4.47. The predicted molar refractivity (Wildman–Crippen MR) is 100 cm³/mol. The molecule has 2 rings (SSSR count). The Morgan fingerprint density at radius 1 is 1.15 bits per heavy atom. The second-order valence-electron chi connectivity index (χ2n) is 5.91. The third kappa shape index (κ3) is 3.54. The zero-order chi connectivity index (χ0) is 19.6. The summed E-state index contributed by atoms with van der Waals surface area (Å²) >= 11 is 6.84. The average Bonchev–Trinajstić information content (AvgIpc) is 2.63. The topological polar surface area (TPSA) is 86.5 Å². The summed E-state index contributed by atoms with van der Waals surface area (Å²) in [5.41, 5.74) is 2.18. The van der Waals surface area contributed by atoms with Gasteiger partial charge in [-0.1, -0.05) is 11.8 Å². The van der Waals surface area contributed by atoms with Crippen LogP contribution >= 0.6 is 23.4 Å². The fourth-order valence-corrected chi connectivity index (χ4v) is 4.12. The summed E-state index contributed by atoms with van der Waals surface area (Å²) in [6.45, 7) is 6.85. The van der Waals surface area contributed by atoms with E-state index in [0.717, 1.165) is 0 Å². The van der Waals surface area contributed by atoms with Gasteiger partial charge >= 0.3 is 5.97 Å². The van der Waals surface area contributed by atoms with Crippen molar-refractivity contribution in [2.75, 3.05) is 5.88 Å². The van der Waals surface area contributed by atoms with Gasteiger partial charge in [0, 0.05) is 28.2 Å². The normalized spacial score (nSPS) is 16.7. The Labute approximate surface area is 160 Å². The van der Waals surface area contributed by atoms with Gasteiger partial charge < -0.3 is 4.74 Å². The summed E-state index contributed by atoms with van der Waals surface area (Å²) in [6, 6.07) is 5.93. The minimum atomic E-state index is -1.22. The van der Waals surface area contributed by atoms with Gasteiger partial charge in [0.15, 0.2) is 5.78 Å². The lowest BCUT2D eigenvalue weighted by molar-refractivity contribution is -0.384. The number of benzene rings is 1. The van der Waals surface area contributed by atoms with Crippen LogP contribution in [0.15, 0.2) is 51.5 Å². The number of alkyl halides is 1. The highest BCUT2D eigenvalue weighted by Crippen LogP contribution is 2.49. The summed E-state index contributed by atoms with van der Waals surface area (Å²) < 4.78 is 5.71. The lowest BCUT2D eigenvalue weighted by Gasteiger charge is -2.39. The molecule has 0 saturated carbocycles. The minimum absolute atomic E-state index is 0.0353. The van der Waals surface area contributed by atoms with Crippen LogP contribution in [-0.2, 0) is 14.3 Å². The van der Waals surface area contributed by atoms with Crippen molar-refractivity contribution in [3.8, 4) is 0 Å². The maximum absolute atomic E-state index is 12.4.